The average molecular weight is 376 g/mol. The zero-order valence-corrected chi connectivity index (χ0v) is 16.0. The van der Waals surface area contributed by atoms with Crippen molar-refractivity contribution in [3.8, 4) is 0 Å². The van der Waals surface area contributed by atoms with Crippen molar-refractivity contribution in [3.05, 3.63) is 48.6 Å². The van der Waals surface area contributed by atoms with E-state index in [1.807, 2.05) is 43.4 Å². The molecule has 5 nitrogen and oxygen atoms in total. The highest BCUT2D eigenvalue weighted by Crippen LogP contribution is 2.33. The molecule has 1 aliphatic carbocycles. The highest BCUT2D eigenvalue weighted by Gasteiger charge is 2.39. The molecule has 0 aromatic carbocycles. The largest absolute Gasteiger partial charge is 0.481 e. The fraction of sp³-hybridized carbons (Fsp3) is 0.545. The van der Waals surface area contributed by atoms with Crippen LogP contribution in [-0.4, -0.2) is 39.3 Å². The van der Waals surface area contributed by atoms with Crippen LogP contribution in [0.15, 0.2) is 48.6 Å². The summed E-state index contributed by atoms with van der Waals surface area (Å²) < 4.78 is 0. The van der Waals surface area contributed by atoms with E-state index in [0.29, 0.717) is 25.7 Å². The van der Waals surface area contributed by atoms with Gasteiger partial charge in [-0.1, -0.05) is 55.5 Å². The molecular weight excluding hydrogens is 344 g/mol. The second-order valence-corrected chi connectivity index (χ2v) is 6.84. The van der Waals surface area contributed by atoms with Gasteiger partial charge in [0.05, 0.1) is 12.2 Å². The predicted molar refractivity (Wildman–Crippen MR) is 106 cm³/mol. The Hall–Kier alpha value is -1.98. The van der Waals surface area contributed by atoms with E-state index >= 15 is 0 Å². The average Bonchev–Trinajstić information content (AvgIpc) is 2.88. The van der Waals surface area contributed by atoms with E-state index in [9.17, 15) is 19.8 Å². The number of ketones is 1. The Kier molecular flexibility index (Phi) is 11.3. The van der Waals surface area contributed by atoms with Crippen molar-refractivity contribution in [1.82, 2.24) is 0 Å². The number of carbonyl (C=O) groups is 2. The molecule has 0 aliphatic heterocycles. The monoisotopic (exact) mass is 376 g/mol. The van der Waals surface area contributed by atoms with Crippen molar-refractivity contribution in [1.29, 1.82) is 0 Å². The van der Waals surface area contributed by atoms with Crippen molar-refractivity contribution in [2.24, 2.45) is 11.8 Å². The molecule has 0 saturated heterocycles. The number of carboxylic acid groups (broad SMARTS) is 1. The first-order valence-corrected chi connectivity index (χ1v) is 9.69. The number of aliphatic hydroxyl groups is 2. The first-order chi connectivity index (χ1) is 13.0. The maximum absolute atomic E-state index is 12.1. The van der Waals surface area contributed by atoms with Gasteiger partial charge in [-0.3, -0.25) is 9.59 Å². The van der Waals surface area contributed by atoms with E-state index < -0.39 is 18.2 Å². The molecule has 3 N–H and O–H groups in total. The van der Waals surface area contributed by atoms with Crippen LogP contribution in [0.3, 0.4) is 0 Å². The highest BCUT2D eigenvalue weighted by molar-refractivity contribution is 5.86. The minimum atomic E-state index is -0.805. The maximum atomic E-state index is 12.1. The van der Waals surface area contributed by atoms with Crippen LogP contribution in [0.4, 0.5) is 0 Å². The van der Waals surface area contributed by atoms with Crippen LogP contribution in [-0.2, 0) is 9.59 Å². The summed E-state index contributed by atoms with van der Waals surface area (Å²) in [6.45, 7) is 2.03. The SMILES string of the molecule is CC/C=C\C[C@H](O)/C=C/[C@@H]1C(=O)C[C@H](O)[C@@H]1C/C=C\C/C=C\CCC(=O)O. The summed E-state index contributed by atoms with van der Waals surface area (Å²) in [6, 6.07) is 0. The van der Waals surface area contributed by atoms with Crippen molar-refractivity contribution in [2.75, 3.05) is 0 Å². The lowest BCUT2D eigenvalue weighted by molar-refractivity contribution is -0.136. The summed E-state index contributed by atoms with van der Waals surface area (Å²) in [5, 5.41) is 28.7. The summed E-state index contributed by atoms with van der Waals surface area (Å²) in [7, 11) is 0. The van der Waals surface area contributed by atoms with Crippen LogP contribution < -0.4 is 0 Å². The number of carbonyl (C=O) groups excluding carboxylic acids is 1. The predicted octanol–water partition coefficient (Wildman–Crippen LogP) is 3.58. The first kappa shape index (κ1) is 23.1. The highest BCUT2D eigenvalue weighted by atomic mass is 16.4. The van der Waals surface area contributed by atoms with Crippen molar-refractivity contribution in [3.63, 3.8) is 0 Å². The van der Waals surface area contributed by atoms with Crippen LogP contribution in [0, 0.1) is 11.8 Å². The second kappa shape index (κ2) is 13.2. The Morgan fingerprint density at radius 3 is 2.63 bits per heavy atom. The summed E-state index contributed by atoms with van der Waals surface area (Å²) in [5.41, 5.74) is 0. The van der Waals surface area contributed by atoms with Crippen LogP contribution in [0.1, 0.15) is 51.9 Å². The molecule has 5 heteroatoms. The number of carboxylic acids is 1. The fourth-order valence-corrected chi connectivity index (χ4v) is 3.10. The number of aliphatic carboxylic acids is 1. The van der Waals surface area contributed by atoms with Gasteiger partial charge in [-0.25, -0.2) is 0 Å². The number of hydrogen-bond acceptors (Lipinski definition) is 4. The molecule has 0 heterocycles. The third-order valence-corrected chi connectivity index (χ3v) is 4.60. The van der Waals surface area contributed by atoms with E-state index in [2.05, 4.69) is 0 Å². The molecule has 0 bridgehead atoms. The normalized spacial score (nSPS) is 24.9. The topological polar surface area (TPSA) is 94.8 Å². The van der Waals surface area contributed by atoms with Gasteiger partial charge in [0.25, 0.3) is 0 Å². The smallest absolute Gasteiger partial charge is 0.303 e. The molecule has 1 aliphatic rings. The molecule has 0 spiro atoms. The number of hydrogen-bond donors (Lipinski definition) is 3. The summed E-state index contributed by atoms with van der Waals surface area (Å²) in [6.07, 6.45) is 17.2. The molecule has 1 rings (SSSR count). The first-order valence-electron chi connectivity index (χ1n) is 9.69. The molecule has 4 atom stereocenters. The Morgan fingerprint density at radius 2 is 1.93 bits per heavy atom. The summed E-state index contributed by atoms with van der Waals surface area (Å²) in [5.74, 6) is -1.32. The molecule has 0 aromatic rings. The number of aliphatic hydroxyl groups excluding tert-OH is 2. The zero-order valence-electron chi connectivity index (χ0n) is 16.0. The van der Waals surface area contributed by atoms with E-state index in [0.717, 1.165) is 6.42 Å². The third kappa shape index (κ3) is 9.50. The van der Waals surface area contributed by atoms with Crippen LogP contribution in [0.5, 0.6) is 0 Å². The second-order valence-electron chi connectivity index (χ2n) is 6.84. The lowest BCUT2D eigenvalue weighted by atomic mass is 9.90. The molecular formula is C22H32O5. The van der Waals surface area contributed by atoms with Gasteiger partial charge in [0.2, 0.25) is 0 Å². The Morgan fingerprint density at radius 1 is 1.19 bits per heavy atom. The molecule has 27 heavy (non-hydrogen) atoms. The fourth-order valence-electron chi connectivity index (χ4n) is 3.10. The minimum Gasteiger partial charge on any atom is -0.481 e. The standard InChI is InChI=1S/C22H32O5/c1-2-3-8-11-17(23)14-15-19-18(20(24)16-21(19)25)12-9-6-4-5-7-10-13-22(26)27/h3,5-9,14-15,17-20,23-24H,2,4,10-13,16H2,1H3,(H,26,27)/b7-5-,8-3-,9-6-,15-14+/t17-,18+,19-,20-/m0/s1. The quantitative estimate of drug-likeness (QED) is 0.453. The van der Waals surface area contributed by atoms with Crippen LogP contribution in [0.2, 0.25) is 0 Å². The van der Waals surface area contributed by atoms with Gasteiger partial charge in [0.1, 0.15) is 5.78 Å². The lowest BCUT2D eigenvalue weighted by Crippen LogP contribution is -2.19. The van der Waals surface area contributed by atoms with Crippen LogP contribution >= 0.6 is 0 Å². The minimum absolute atomic E-state index is 0.0158. The molecule has 0 aromatic heterocycles. The van der Waals surface area contributed by atoms with Crippen molar-refractivity contribution >= 4 is 11.8 Å². The van der Waals surface area contributed by atoms with Gasteiger partial charge in [0, 0.05) is 24.7 Å². The molecule has 0 radical (unpaired) electrons. The Labute approximate surface area is 161 Å². The van der Waals surface area contributed by atoms with Crippen molar-refractivity contribution in [2.45, 2.75) is 64.1 Å². The van der Waals surface area contributed by atoms with Crippen molar-refractivity contribution < 1.29 is 24.9 Å². The summed E-state index contributed by atoms with van der Waals surface area (Å²) in [4.78, 5) is 22.5. The van der Waals surface area contributed by atoms with Gasteiger partial charge < -0.3 is 15.3 Å². The number of rotatable bonds is 12. The molecule has 1 fully saturated rings. The molecule has 1 saturated carbocycles. The van der Waals surface area contributed by atoms with Gasteiger partial charge in [-0.05, 0) is 32.1 Å². The maximum Gasteiger partial charge on any atom is 0.303 e. The van der Waals surface area contributed by atoms with Crippen LogP contribution in [0.25, 0.3) is 0 Å². The third-order valence-electron chi connectivity index (χ3n) is 4.60. The van der Waals surface area contributed by atoms with E-state index in [1.165, 1.54) is 0 Å². The van der Waals surface area contributed by atoms with Gasteiger partial charge >= 0.3 is 5.97 Å². The van der Waals surface area contributed by atoms with Gasteiger partial charge in [-0.15, -0.1) is 0 Å². The Bertz CT molecular complexity index is 573. The van der Waals surface area contributed by atoms with E-state index in [-0.39, 0.29) is 30.5 Å². The van der Waals surface area contributed by atoms with E-state index in [4.69, 9.17) is 5.11 Å². The van der Waals surface area contributed by atoms with E-state index in [1.54, 1.807) is 12.2 Å². The van der Waals surface area contributed by atoms with Gasteiger partial charge in [0.15, 0.2) is 0 Å². The molecule has 0 amide bonds. The lowest BCUT2D eigenvalue weighted by Gasteiger charge is -2.16. The zero-order chi connectivity index (χ0) is 20.1. The number of allylic oxidation sites excluding steroid dienone is 6. The molecule has 150 valence electrons. The Balaban J connectivity index is 2.48. The number of Topliss-reactive ketones (excluding diaryl/α,β-unsaturated/α-hetero) is 1. The summed E-state index contributed by atoms with van der Waals surface area (Å²) >= 11 is 0. The molecule has 0 unspecified atom stereocenters. The van der Waals surface area contributed by atoms with Gasteiger partial charge in [-0.2, -0.15) is 0 Å².